The largest absolute Gasteiger partial charge is 0.562 e. The molecule has 1 heterocycles. The van der Waals surface area contributed by atoms with Gasteiger partial charge in [-0.25, -0.2) is 0 Å². The molecule has 0 spiro atoms. The number of hydrogen-bond acceptors (Lipinski definition) is 7. The number of quaternary nitrogens is 1. The highest BCUT2D eigenvalue weighted by atomic mass is 17.5. The van der Waals surface area contributed by atoms with Gasteiger partial charge in [-0.05, 0) is 24.4 Å². The third-order valence-corrected chi connectivity index (χ3v) is 1.82. The lowest BCUT2D eigenvalue weighted by Gasteiger charge is -2.28. The van der Waals surface area contributed by atoms with Crippen molar-refractivity contribution in [2.45, 2.75) is 18.9 Å². The fraction of sp³-hybridized carbons (Fsp3) is 1.00. The van der Waals surface area contributed by atoms with Gasteiger partial charge in [0, 0.05) is 4.99 Å². The standard InChI is InChI=1S/C5H11N3O6/c9-7(10)13-14-8(11,12)4-5-2-1-3-6-5/h5-6,11H,1-4H2/t5-/m0/s1. The van der Waals surface area contributed by atoms with Crippen molar-refractivity contribution in [1.29, 1.82) is 0 Å². The quantitative estimate of drug-likeness (QED) is 0.271. The van der Waals surface area contributed by atoms with E-state index in [1.807, 2.05) is 0 Å². The summed E-state index contributed by atoms with van der Waals surface area (Å²) in [7, 11) is 0. The zero-order chi connectivity index (χ0) is 10.6. The second-order valence-corrected chi connectivity index (χ2v) is 2.99. The molecule has 9 nitrogen and oxygen atoms in total. The molecule has 1 unspecified atom stereocenters. The van der Waals surface area contributed by atoms with Crippen molar-refractivity contribution in [2.24, 2.45) is 0 Å². The minimum Gasteiger partial charge on any atom is -0.562 e. The van der Waals surface area contributed by atoms with E-state index in [2.05, 4.69) is 15.3 Å². The minimum absolute atomic E-state index is 0.215. The first-order valence-electron chi connectivity index (χ1n) is 4.05. The molecule has 0 aromatic rings. The molecule has 0 bridgehead atoms. The number of nitrogens with one attached hydrogen (secondary N) is 1. The first-order valence-corrected chi connectivity index (χ1v) is 4.05. The fourth-order valence-electron chi connectivity index (χ4n) is 1.30. The highest BCUT2D eigenvalue weighted by Crippen LogP contribution is 2.11. The number of nitrogens with zero attached hydrogens (tertiary/aromatic N) is 2. The molecule has 0 radical (unpaired) electrons. The van der Waals surface area contributed by atoms with Gasteiger partial charge in [-0.15, -0.1) is 10.1 Å². The molecular weight excluding hydrogens is 198 g/mol. The predicted octanol–water partition coefficient (Wildman–Crippen LogP) is -0.503. The van der Waals surface area contributed by atoms with Crippen LogP contribution in [-0.2, 0) is 9.98 Å². The molecule has 1 aliphatic heterocycles. The molecule has 9 heteroatoms. The van der Waals surface area contributed by atoms with E-state index < -0.39 is 10.1 Å². The molecule has 14 heavy (non-hydrogen) atoms. The third kappa shape index (κ3) is 3.81. The van der Waals surface area contributed by atoms with Crippen LogP contribution in [0.4, 0.5) is 0 Å². The van der Waals surface area contributed by atoms with Crippen LogP contribution in [0.25, 0.3) is 0 Å². The van der Waals surface area contributed by atoms with Crippen molar-refractivity contribution in [2.75, 3.05) is 13.1 Å². The van der Waals surface area contributed by atoms with E-state index in [-0.39, 0.29) is 12.6 Å². The average molecular weight is 209 g/mol. The monoisotopic (exact) mass is 209 g/mol. The average Bonchev–Trinajstić information content (AvgIpc) is 2.53. The van der Waals surface area contributed by atoms with Gasteiger partial charge in [0.2, 0.25) is 0 Å². The summed E-state index contributed by atoms with van der Waals surface area (Å²) in [4.78, 5) is 14.4. The van der Waals surface area contributed by atoms with Crippen LogP contribution in [0.1, 0.15) is 12.8 Å². The number of rotatable bonds is 5. The lowest BCUT2D eigenvalue weighted by molar-refractivity contribution is -1.28. The van der Waals surface area contributed by atoms with Crippen molar-refractivity contribution in [3.63, 3.8) is 0 Å². The van der Waals surface area contributed by atoms with Crippen LogP contribution in [0.2, 0.25) is 0 Å². The molecule has 0 aromatic carbocycles. The van der Waals surface area contributed by atoms with Crippen molar-refractivity contribution in [3.05, 3.63) is 15.3 Å². The van der Waals surface area contributed by atoms with Crippen LogP contribution in [0.3, 0.4) is 0 Å². The van der Waals surface area contributed by atoms with Gasteiger partial charge in [-0.1, -0.05) is 4.99 Å². The molecule has 0 aromatic heterocycles. The lowest BCUT2D eigenvalue weighted by atomic mass is 10.2. The fourth-order valence-corrected chi connectivity index (χ4v) is 1.30. The Morgan fingerprint density at radius 2 is 2.43 bits per heavy atom. The highest BCUT2D eigenvalue weighted by Gasteiger charge is 2.27. The van der Waals surface area contributed by atoms with Crippen LogP contribution in [0.15, 0.2) is 0 Å². The van der Waals surface area contributed by atoms with Crippen molar-refractivity contribution < 1.29 is 25.2 Å². The Kier molecular flexibility index (Phi) is 3.55. The Balaban J connectivity index is 2.28. The van der Waals surface area contributed by atoms with E-state index >= 15 is 0 Å². The van der Waals surface area contributed by atoms with E-state index in [1.165, 1.54) is 0 Å². The maximum atomic E-state index is 11.0. The molecule has 2 atom stereocenters. The normalized spacial score (nSPS) is 25.7. The summed E-state index contributed by atoms with van der Waals surface area (Å²) in [5.74, 6) is 0. The zero-order valence-corrected chi connectivity index (χ0v) is 7.29. The van der Waals surface area contributed by atoms with Gasteiger partial charge >= 0.3 is 5.09 Å². The molecule has 1 saturated heterocycles. The highest BCUT2D eigenvalue weighted by molar-refractivity contribution is 4.72. The van der Waals surface area contributed by atoms with Gasteiger partial charge in [-0.3, -0.25) is 0 Å². The molecule has 0 amide bonds. The van der Waals surface area contributed by atoms with Crippen LogP contribution in [-0.4, -0.2) is 34.4 Å². The van der Waals surface area contributed by atoms with Crippen molar-refractivity contribution >= 4 is 0 Å². The van der Waals surface area contributed by atoms with Gasteiger partial charge < -0.3 is 10.5 Å². The smallest absolute Gasteiger partial charge is 0.326 e. The number of hydroxylamine groups is 3. The Bertz CT molecular complexity index is 204. The Hall–Kier alpha value is -1.00. The molecule has 2 N–H and O–H groups in total. The topological polar surface area (TPSA) is 117 Å². The van der Waals surface area contributed by atoms with Gasteiger partial charge in [0.15, 0.2) is 6.54 Å². The molecule has 82 valence electrons. The summed E-state index contributed by atoms with van der Waals surface area (Å²) >= 11 is 0. The van der Waals surface area contributed by atoms with Crippen LogP contribution >= 0.6 is 0 Å². The molecule has 1 fully saturated rings. The minimum atomic E-state index is -2.24. The SMILES string of the molecule is O=[N+]([O-])OO[N+]([O-])(O)C[C@@H]1CCCN1. The first kappa shape index (κ1) is 11.1. The lowest BCUT2D eigenvalue weighted by Crippen LogP contribution is -2.47. The maximum Gasteiger partial charge on any atom is 0.326 e. The van der Waals surface area contributed by atoms with Gasteiger partial charge in [0.05, 0.1) is 6.04 Å². The molecule has 0 aliphatic carbocycles. The van der Waals surface area contributed by atoms with Gasteiger partial charge in [0.25, 0.3) is 0 Å². The third-order valence-electron chi connectivity index (χ3n) is 1.82. The van der Waals surface area contributed by atoms with E-state index in [0.717, 1.165) is 13.0 Å². The summed E-state index contributed by atoms with van der Waals surface area (Å²) < 4.78 is 0. The van der Waals surface area contributed by atoms with E-state index in [4.69, 9.17) is 5.21 Å². The summed E-state index contributed by atoms with van der Waals surface area (Å²) in [6.45, 7) is 0.397. The Labute approximate surface area is 78.9 Å². The molecule has 1 aliphatic rings. The molecule has 1 rings (SSSR count). The van der Waals surface area contributed by atoms with E-state index in [1.54, 1.807) is 0 Å². The Morgan fingerprint density at radius 1 is 1.71 bits per heavy atom. The van der Waals surface area contributed by atoms with Crippen LogP contribution in [0, 0.1) is 15.3 Å². The van der Waals surface area contributed by atoms with E-state index in [9.17, 15) is 15.3 Å². The second-order valence-electron chi connectivity index (χ2n) is 2.99. The number of hydrogen-bond donors (Lipinski definition) is 2. The summed E-state index contributed by atoms with van der Waals surface area (Å²) in [6.07, 6.45) is 1.60. The van der Waals surface area contributed by atoms with Crippen LogP contribution in [0.5, 0.6) is 0 Å². The van der Waals surface area contributed by atoms with Crippen molar-refractivity contribution in [3.8, 4) is 0 Å². The second kappa shape index (κ2) is 4.48. The summed E-state index contributed by atoms with van der Waals surface area (Å²) in [5.41, 5.74) is 0. The van der Waals surface area contributed by atoms with Crippen LogP contribution < -0.4 is 5.32 Å². The summed E-state index contributed by atoms with van der Waals surface area (Å²) in [5, 5.41) is 31.1. The van der Waals surface area contributed by atoms with E-state index in [0.29, 0.717) is 6.42 Å². The van der Waals surface area contributed by atoms with Gasteiger partial charge in [0.1, 0.15) is 0 Å². The maximum absolute atomic E-state index is 11.0. The zero-order valence-electron chi connectivity index (χ0n) is 7.29. The predicted molar refractivity (Wildman–Crippen MR) is 40.5 cm³/mol. The Morgan fingerprint density at radius 3 is 2.93 bits per heavy atom. The first-order chi connectivity index (χ1) is 6.49. The molecule has 0 saturated carbocycles. The van der Waals surface area contributed by atoms with Crippen molar-refractivity contribution in [1.82, 2.24) is 5.32 Å². The summed E-state index contributed by atoms with van der Waals surface area (Å²) in [6, 6.07) is -0.215. The van der Waals surface area contributed by atoms with Gasteiger partial charge in [-0.2, -0.15) is 5.21 Å². The molecular formula is C5H11N3O6.